The normalized spacial score (nSPS) is 12.8. The number of likely N-dealkylation sites (N-methyl/N-ethyl adjacent to an activating group) is 1. The molecule has 16 heavy (non-hydrogen) atoms. The minimum atomic E-state index is 0.338. The molecule has 0 saturated carbocycles. The van der Waals surface area contributed by atoms with Crippen molar-refractivity contribution in [2.75, 3.05) is 26.7 Å². The van der Waals surface area contributed by atoms with Gasteiger partial charge in [-0.05, 0) is 19.5 Å². The zero-order chi connectivity index (χ0) is 12.0. The van der Waals surface area contributed by atoms with Crippen molar-refractivity contribution >= 4 is 0 Å². The minimum Gasteiger partial charge on any atom is -0.496 e. The smallest absolute Gasteiger partial charge is 0.123 e. The Bertz CT molecular complexity index is 315. The molecule has 0 aliphatic heterocycles. The van der Waals surface area contributed by atoms with E-state index in [9.17, 15) is 0 Å². The average Bonchev–Trinajstić information content (AvgIpc) is 2.35. The van der Waals surface area contributed by atoms with Crippen molar-refractivity contribution in [3.63, 3.8) is 0 Å². The summed E-state index contributed by atoms with van der Waals surface area (Å²) < 4.78 is 5.38. The molecule has 0 bridgehead atoms. The van der Waals surface area contributed by atoms with Gasteiger partial charge in [-0.25, -0.2) is 0 Å². The molecule has 0 aromatic heterocycles. The Hall–Kier alpha value is -1.06. The Morgan fingerprint density at radius 3 is 2.62 bits per heavy atom. The number of nitrogens with two attached hydrogens (primary N) is 1. The van der Waals surface area contributed by atoms with Gasteiger partial charge in [-0.2, -0.15) is 0 Å². The Labute approximate surface area is 98.2 Å². The molecule has 0 saturated heterocycles. The third-order valence-corrected chi connectivity index (χ3v) is 2.96. The molecule has 2 N–H and O–H groups in total. The summed E-state index contributed by atoms with van der Waals surface area (Å²) in [5.41, 5.74) is 6.84. The van der Waals surface area contributed by atoms with E-state index in [0.717, 1.165) is 18.8 Å². The summed E-state index contributed by atoms with van der Waals surface area (Å²) in [5.74, 6) is 0.950. The summed E-state index contributed by atoms with van der Waals surface area (Å²) in [6.45, 7) is 6.94. The van der Waals surface area contributed by atoms with Crippen LogP contribution in [0.25, 0.3) is 0 Å². The van der Waals surface area contributed by atoms with Gasteiger partial charge >= 0.3 is 0 Å². The Balaban J connectivity index is 2.88. The van der Waals surface area contributed by atoms with Crippen LogP contribution in [0, 0.1) is 0 Å². The number of rotatable bonds is 6. The maximum absolute atomic E-state index is 5.62. The lowest BCUT2D eigenvalue weighted by Crippen LogP contribution is -2.32. The van der Waals surface area contributed by atoms with Gasteiger partial charge in [0, 0.05) is 24.7 Å². The van der Waals surface area contributed by atoms with Crippen molar-refractivity contribution < 1.29 is 4.74 Å². The SMILES string of the molecule is CCN(CCN)[C@H](C)c1ccccc1OC. The van der Waals surface area contributed by atoms with Crippen LogP contribution in [0.4, 0.5) is 0 Å². The molecule has 0 heterocycles. The molecule has 0 amide bonds. The predicted molar refractivity (Wildman–Crippen MR) is 67.7 cm³/mol. The van der Waals surface area contributed by atoms with E-state index in [-0.39, 0.29) is 0 Å². The first-order chi connectivity index (χ1) is 7.74. The number of hydrogen-bond donors (Lipinski definition) is 1. The molecule has 1 aromatic rings. The van der Waals surface area contributed by atoms with E-state index in [2.05, 4.69) is 24.8 Å². The van der Waals surface area contributed by atoms with E-state index in [1.807, 2.05) is 18.2 Å². The maximum Gasteiger partial charge on any atom is 0.123 e. The van der Waals surface area contributed by atoms with E-state index >= 15 is 0 Å². The molecule has 0 aliphatic carbocycles. The summed E-state index contributed by atoms with van der Waals surface area (Å²) in [5, 5.41) is 0. The Morgan fingerprint density at radius 1 is 1.38 bits per heavy atom. The highest BCUT2D eigenvalue weighted by Crippen LogP contribution is 2.28. The summed E-state index contributed by atoms with van der Waals surface area (Å²) in [7, 11) is 1.71. The van der Waals surface area contributed by atoms with Crippen molar-refractivity contribution in [1.29, 1.82) is 0 Å². The number of para-hydroxylation sites is 1. The van der Waals surface area contributed by atoms with Crippen molar-refractivity contribution in [2.24, 2.45) is 5.73 Å². The highest BCUT2D eigenvalue weighted by atomic mass is 16.5. The fourth-order valence-corrected chi connectivity index (χ4v) is 2.00. The fraction of sp³-hybridized carbons (Fsp3) is 0.538. The fourth-order valence-electron chi connectivity index (χ4n) is 2.00. The van der Waals surface area contributed by atoms with Crippen LogP contribution in [0.3, 0.4) is 0 Å². The molecule has 3 heteroatoms. The summed E-state index contributed by atoms with van der Waals surface area (Å²) in [6.07, 6.45) is 0. The lowest BCUT2D eigenvalue weighted by Gasteiger charge is -2.28. The van der Waals surface area contributed by atoms with Gasteiger partial charge < -0.3 is 10.5 Å². The number of methoxy groups -OCH3 is 1. The van der Waals surface area contributed by atoms with Gasteiger partial charge in [-0.15, -0.1) is 0 Å². The molecular weight excluding hydrogens is 200 g/mol. The van der Waals surface area contributed by atoms with E-state index < -0.39 is 0 Å². The van der Waals surface area contributed by atoms with E-state index in [1.165, 1.54) is 5.56 Å². The first-order valence-corrected chi connectivity index (χ1v) is 5.81. The van der Waals surface area contributed by atoms with E-state index in [1.54, 1.807) is 7.11 Å². The first kappa shape index (κ1) is 13.0. The first-order valence-electron chi connectivity index (χ1n) is 5.81. The zero-order valence-corrected chi connectivity index (χ0v) is 10.4. The van der Waals surface area contributed by atoms with E-state index in [4.69, 9.17) is 10.5 Å². The molecule has 0 fully saturated rings. The lowest BCUT2D eigenvalue weighted by molar-refractivity contribution is 0.224. The van der Waals surface area contributed by atoms with Gasteiger partial charge in [0.2, 0.25) is 0 Å². The maximum atomic E-state index is 5.62. The van der Waals surface area contributed by atoms with Gasteiger partial charge in [-0.3, -0.25) is 4.90 Å². The van der Waals surface area contributed by atoms with Crippen LogP contribution in [0.15, 0.2) is 24.3 Å². The second-order valence-electron chi connectivity index (χ2n) is 3.84. The summed E-state index contributed by atoms with van der Waals surface area (Å²) >= 11 is 0. The molecular formula is C13H22N2O. The van der Waals surface area contributed by atoms with Crippen LogP contribution in [0.2, 0.25) is 0 Å². The number of ether oxygens (including phenoxy) is 1. The molecule has 0 radical (unpaired) electrons. The van der Waals surface area contributed by atoms with Gasteiger partial charge in [-0.1, -0.05) is 25.1 Å². The average molecular weight is 222 g/mol. The van der Waals surface area contributed by atoms with Crippen molar-refractivity contribution in [1.82, 2.24) is 4.90 Å². The predicted octanol–water partition coefficient (Wildman–Crippen LogP) is 2.04. The molecule has 1 aromatic carbocycles. The number of hydrogen-bond acceptors (Lipinski definition) is 3. The lowest BCUT2D eigenvalue weighted by atomic mass is 10.1. The van der Waals surface area contributed by atoms with Crippen molar-refractivity contribution in [3.8, 4) is 5.75 Å². The minimum absolute atomic E-state index is 0.338. The van der Waals surface area contributed by atoms with Crippen LogP contribution >= 0.6 is 0 Å². The topological polar surface area (TPSA) is 38.5 Å². The second kappa shape index (κ2) is 6.51. The van der Waals surface area contributed by atoms with Gasteiger partial charge in [0.1, 0.15) is 5.75 Å². The molecule has 1 rings (SSSR count). The zero-order valence-electron chi connectivity index (χ0n) is 10.4. The summed E-state index contributed by atoms with van der Waals surface area (Å²) in [4.78, 5) is 2.35. The molecule has 3 nitrogen and oxygen atoms in total. The number of benzene rings is 1. The van der Waals surface area contributed by atoms with Crippen LogP contribution in [0.5, 0.6) is 5.75 Å². The standard InChI is InChI=1S/C13H22N2O/c1-4-15(10-9-14)11(2)12-7-5-6-8-13(12)16-3/h5-8,11H,4,9-10,14H2,1-3H3/t11-/m1/s1. The van der Waals surface area contributed by atoms with Gasteiger partial charge in [0.05, 0.1) is 7.11 Å². The molecule has 90 valence electrons. The second-order valence-corrected chi connectivity index (χ2v) is 3.84. The molecule has 1 atom stereocenters. The Morgan fingerprint density at radius 2 is 2.06 bits per heavy atom. The molecule has 0 aliphatic rings. The Kier molecular flexibility index (Phi) is 5.29. The van der Waals surface area contributed by atoms with Crippen molar-refractivity contribution in [2.45, 2.75) is 19.9 Å². The quantitative estimate of drug-likeness (QED) is 0.800. The van der Waals surface area contributed by atoms with Crippen LogP contribution in [-0.4, -0.2) is 31.6 Å². The van der Waals surface area contributed by atoms with Crippen LogP contribution < -0.4 is 10.5 Å². The van der Waals surface area contributed by atoms with Crippen LogP contribution in [-0.2, 0) is 0 Å². The summed E-state index contributed by atoms with van der Waals surface area (Å²) in [6, 6.07) is 8.49. The molecule has 0 unspecified atom stereocenters. The van der Waals surface area contributed by atoms with Gasteiger partial charge in [0.15, 0.2) is 0 Å². The van der Waals surface area contributed by atoms with E-state index in [0.29, 0.717) is 12.6 Å². The monoisotopic (exact) mass is 222 g/mol. The third kappa shape index (κ3) is 2.97. The van der Waals surface area contributed by atoms with Crippen molar-refractivity contribution in [3.05, 3.63) is 29.8 Å². The molecule has 0 spiro atoms. The van der Waals surface area contributed by atoms with Gasteiger partial charge in [0.25, 0.3) is 0 Å². The largest absolute Gasteiger partial charge is 0.496 e. The third-order valence-electron chi connectivity index (χ3n) is 2.96. The van der Waals surface area contributed by atoms with Crippen LogP contribution in [0.1, 0.15) is 25.5 Å². The highest BCUT2D eigenvalue weighted by molar-refractivity contribution is 5.35. The highest BCUT2D eigenvalue weighted by Gasteiger charge is 2.16. The number of nitrogens with zero attached hydrogens (tertiary/aromatic N) is 1.